The molecular formula is C18H32N4O9. The third kappa shape index (κ3) is 6.58. The van der Waals surface area contributed by atoms with Crippen LogP contribution in [0, 0.1) is 5.92 Å². The average Bonchev–Trinajstić information content (AvgIpc) is 2.67. The van der Waals surface area contributed by atoms with Gasteiger partial charge in [0.1, 0.15) is 30.4 Å². The molecule has 1 rings (SSSR count). The van der Waals surface area contributed by atoms with Crippen molar-refractivity contribution in [3.8, 4) is 0 Å². The zero-order chi connectivity index (χ0) is 24.0. The highest BCUT2D eigenvalue weighted by atomic mass is 16.5. The first-order valence-corrected chi connectivity index (χ1v) is 9.81. The predicted molar refractivity (Wildman–Crippen MR) is 105 cm³/mol. The Kier molecular flexibility index (Phi) is 9.77. The van der Waals surface area contributed by atoms with E-state index in [0.29, 0.717) is 0 Å². The molecule has 7 atom stereocenters. The van der Waals surface area contributed by atoms with Crippen LogP contribution >= 0.6 is 0 Å². The van der Waals surface area contributed by atoms with E-state index in [0.717, 1.165) is 11.8 Å². The Hall–Kier alpha value is -2.32. The SMILES string of the molecule is CC(=O)N[C@H]1C(N(C(=O)[C@@H](N)C(C)C)[C@H](CCC(=O)O)C(N)=O)O[C@H](CO)[C@@H](O)[C@@H]1O. The number of aliphatic hydroxyl groups is 3. The number of hydrogen-bond donors (Lipinski definition) is 7. The highest BCUT2D eigenvalue weighted by molar-refractivity contribution is 5.89. The van der Waals surface area contributed by atoms with E-state index in [9.17, 15) is 34.5 Å². The van der Waals surface area contributed by atoms with Gasteiger partial charge >= 0.3 is 5.97 Å². The Labute approximate surface area is 179 Å². The molecule has 1 aliphatic heterocycles. The van der Waals surface area contributed by atoms with Crippen molar-refractivity contribution < 1.29 is 44.3 Å². The first-order chi connectivity index (χ1) is 14.3. The maximum absolute atomic E-state index is 13.2. The summed E-state index contributed by atoms with van der Waals surface area (Å²) in [4.78, 5) is 49.0. The fourth-order valence-corrected chi connectivity index (χ4v) is 3.32. The Bertz CT molecular complexity index is 674. The van der Waals surface area contributed by atoms with Crippen LogP contribution in [-0.4, -0.2) is 98.3 Å². The molecule has 0 spiro atoms. The van der Waals surface area contributed by atoms with Crippen LogP contribution in [-0.2, 0) is 23.9 Å². The van der Waals surface area contributed by atoms with E-state index in [-0.39, 0.29) is 0 Å². The van der Waals surface area contributed by atoms with Crippen LogP contribution in [0.25, 0.3) is 0 Å². The second-order valence-corrected chi connectivity index (χ2v) is 7.82. The van der Waals surface area contributed by atoms with Gasteiger partial charge in [-0.25, -0.2) is 0 Å². The Morgan fingerprint density at radius 1 is 1.16 bits per heavy atom. The van der Waals surface area contributed by atoms with Gasteiger partial charge in [0.2, 0.25) is 17.7 Å². The van der Waals surface area contributed by atoms with Crippen molar-refractivity contribution in [3.63, 3.8) is 0 Å². The number of nitrogens with one attached hydrogen (secondary N) is 1. The van der Waals surface area contributed by atoms with E-state index < -0.39 is 91.7 Å². The minimum Gasteiger partial charge on any atom is -0.481 e. The van der Waals surface area contributed by atoms with Crippen molar-refractivity contribution in [3.05, 3.63) is 0 Å². The van der Waals surface area contributed by atoms with Gasteiger partial charge < -0.3 is 46.8 Å². The van der Waals surface area contributed by atoms with Gasteiger partial charge in [0, 0.05) is 13.3 Å². The van der Waals surface area contributed by atoms with Gasteiger partial charge in [-0.15, -0.1) is 0 Å². The molecule has 1 saturated heterocycles. The molecule has 178 valence electrons. The number of primary amides is 1. The number of hydrogen-bond acceptors (Lipinski definition) is 9. The smallest absolute Gasteiger partial charge is 0.303 e. The molecule has 3 amide bonds. The van der Waals surface area contributed by atoms with Gasteiger partial charge in [-0.1, -0.05) is 13.8 Å². The molecule has 13 heteroatoms. The lowest BCUT2D eigenvalue weighted by molar-refractivity contribution is -0.236. The molecule has 0 bridgehead atoms. The molecule has 0 radical (unpaired) electrons. The molecule has 13 nitrogen and oxygen atoms in total. The average molecular weight is 448 g/mol. The van der Waals surface area contributed by atoms with Crippen LogP contribution in [0.3, 0.4) is 0 Å². The molecule has 0 aromatic heterocycles. The van der Waals surface area contributed by atoms with E-state index in [1.54, 1.807) is 13.8 Å². The molecule has 1 fully saturated rings. The third-order valence-corrected chi connectivity index (χ3v) is 5.10. The molecule has 0 aliphatic carbocycles. The summed E-state index contributed by atoms with van der Waals surface area (Å²) in [5.74, 6) is -4.20. The molecule has 9 N–H and O–H groups in total. The molecule has 0 saturated carbocycles. The lowest BCUT2D eigenvalue weighted by Crippen LogP contribution is -2.72. The summed E-state index contributed by atoms with van der Waals surface area (Å²) in [7, 11) is 0. The van der Waals surface area contributed by atoms with Gasteiger partial charge in [0.05, 0.1) is 12.6 Å². The van der Waals surface area contributed by atoms with Crippen molar-refractivity contribution in [2.45, 2.75) is 76.3 Å². The molecule has 0 aromatic rings. The lowest BCUT2D eigenvalue weighted by atomic mass is 9.92. The normalized spacial score (nSPS) is 27.9. The molecular weight excluding hydrogens is 416 g/mol. The number of rotatable bonds is 10. The summed E-state index contributed by atoms with van der Waals surface area (Å²) in [6.07, 6.45) is -7.19. The number of nitrogens with zero attached hydrogens (tertiary/aromatic N) is 1. The number of ether oxygens (including phenoxy) is 1. The Morgan fingerprint density at radius 3 is 2.16 bits per heavy atom. The Morgan fingerprint density at radius 2 is 1.74 bits per heavy atom. The minimum atomic E-state index is -1.70. The number of amides is 3. The van der Waals surface area contributed by atoms with E-state index >= 15 is 0 Å². The highest BCUT2D eigenvalue weighted by Crippen LogP contribution is 2.27. The quantitative estimate of drug-likeness (QED) is 0.174. The van der Waals surface area contributed by atoms with Gasteiger partial charge in [-0.05, 0) is 12.3 Å². The Balaban J connectivity index is 3.55. The molecule has 1 aliphatic rings. The summed E-state index contributed by atoms with van der Waals surface area (Å²) in [6, 6.07) is -4.11. The lowest BCUT2D eigenvalue weighted by Gasteiger charge is -2.48. The third-order valence-electron chi connectivity index (χ3n) is 5.10. The van der Waals surface area contributed by atoms with Crippen molar-refractivity contribution in [2.75, 3.05) is 6.61 Å². The van der Waals surface area contributed by atoms with E-state index in [4.69, 9.17) is 21.3 Å². The summed E-state index contributed by atoms with van der Waals surface area (Å²) < 4.78 is 5.60. The van der Waals surface area contributed by atoms with Crippen LogP contribution < -0.4 is 16.8 Å². The summed E-state index contributed by atoms with van der Waals surface area (Å²) in [5.41, 5.74) is 11.4. The second kappa shape index (κ2) is 11.3. The van der Waals surface area contributed by atoms with Crippen molar-refractivity contribution in [2.24, 2.45) is 17.4 Å². The van der Waals surface area contributed by atoms with Crippen LogP contribution in [0.15, 0.2) is 0 Å². The van der Waals surface area contributed by atoms with E-state index in [1.165, 1.54) is 0 Å². The van der Waals surface area contributed by atoms with Gasteiger partial charge in [0.25, 0.3) is 0 Å². The van der Waals surface area contributed by atoms with Crippen LogP contribution in [0.5, 0.6) is 0 Å². The molecule has 31 heavy (non-hydrogen) atoms. The van der Waals surface area contributed by atoms with Crippen molar-refractivity contribution in [1.29, 1.82) is 0 Å². The molecule has 0 aromatic carbocycles. The number of nitrogens with two attached hydrogens (primary N) is 2. The summed E-state index contributed by atoms with van der Waals surface area (Å²) in [5, 5.41) is 41.6. The van der Waals surface area contributed by atoms with Gasteiger partial charge in [0.15, 0.2) is 6.23 Å². The fraction of sp³-hybridized carbons (Fsp3) is 0.778. The van der Waals surface area contributed by atoms with Gasteiger partial charge in [-0.2, -0.15) is 0 Å². The molecule has 1 unspecified atom stereocenters. The summed E-state index contributed by atoms with van der Waals surface area (Å²) in [6.45, 7) is 3.64. The van der Waals surface area contributed by atoms with Crippen molar-refractivity contribution in [1.82, 2.24) is 10.2 Å². The largest absolute Gasteiger partial charge is 0.481 e. The van der Waals surface area contributed by atoms with Crippen LogP contribution in [0.2, 0.25) is 0 Å². The van der Waals surface area contributed by atoms with E-state index in [2.05, 4.69) is 5.32 Å². The number of carboxylic acid groups (broad SMARTS) is 1. The van der Waals surface area contributed by atoms with E-state index in [1.807, 2.05) is 0 Å². The second-order valence-electron chi connectivity index (χ2n) is 7.82. The predicted octanol–water partition coefficient (Wildman–Crippen LogP) is -3.54. The maximum Gasteiger partial charge on any atom is 0.303 e. The first kappa shape index (κ1) is 26.7. The molecule has 1 heterocycles. The summed E-state index contributed by atoms with van der Waals surface area (Å²) >= 11 is 0. The monoisotopic (exact) mass is 448 g/mol. The number of aliphatic hydroxyl groups excluding tert-OH is 3. The fourth-order valence-electron chi connectivity index (χ4n) is 3.32. The van der Waals surface area contributed by atoms with Gasteiger partial charge in [-0.3, -0.25) is 19.2 Å². The topological polar surface area (TPSA) is 226 Å². The number of carboxylic acids is 1. The first-order valence-electron chi connectivity index (χ1n) is 9.81. The number of carbonyl (C=O) groups excluding carboxylic acids is 3. The number of aliphatic carboxylic acids is 1. The van der Waals surface area contributed by atoms with Crippen LogP contribution in [0.1, 0.15) is 33.6 Å². The zero-order valence-electron chi connectivity index (χ0n) is 17.7. The zero-order valence-corrected chi connectivity index (χ0v) is 17.7. The van der Waals surface area contributed by atoms with Crippen LogP contribution in [0.4, 0.5) is 0 Å². The maximum atomic E-state index is 13.2. The number of carbonyl (C=O) groups is 4. The van der Waals surface area contributed by atoms with Crippen molar-refractivity contribution >= 4 is 23.7 Å². The standard InChI is InChI=1S/C18H32N4O9/c1-7(2)12(19)17(30)22(9(16(20)29)4-5-11(25)26)18-13(21-8(3)24)15(28)14(27)10(6-23)31-18/h7,9-10,12-15,18,23,27-28H,4-6,19H2,1-3H3,(H2,20,29)(H,21,24)(H,25,26)/t9-,10-,12+,13-,14-,15-,18?/m1/s1. The highest BCUT2D eigenvalue weighted by Gasteiger charge is 2.51. The minimum absolute atomic E-state index is 0.393.